The number of halogens is 2. The lowest BCUT2D eigenvalue weighted by molar-refractivity contribution is -0.164. The molecule has 4 aliphatic rings. The van der Waals surface area contributed by atoms with Crippen LogP contribution in [0.4, 0.5) is 10.1 Å². The minimum atomic E-state index is -0.726. The number of benzene rings is 2. The number of imide groups is 1. The van der Waals surface area contributed by atoms with Gasteiger partial charge in [-0.25, -0.2) is 4.39 Å². The third-order valence-electron chi connectivity index (χ3n) is 12.5. The molecule has 4 heterocycles. The number of nitrogens with one attached hydrogen (secondary N) is 2. The number of rotatable bonds is 13. The topological polar surface area (TPSA) is 148 Å². The van der Waals surface area contributed by atoms with Gasteiger partial charge in [-0.3, -0.25) is 34.4 Å². The second kappa shape index (κ2) is 16.7. The Morgan fingerprint density at radius 3 is 2.43 bits per heavy atom. The van der Waals surface area contributed by atoms with Crippen molar-refractivity contribution < 1.29 is 28.3 Å². The Kier molecular flexibility index (Phi) is 11.8. The lowest BCUT2D eigenvalue weighted by Gasteiger charge is -2.63. The minimum Gasteiger partial charge on any atom is -0.489 e. The van der Waals surface area contributed by atoms with E-state index in [4.69, 9.17) is 16.3 Å². The van der Waals surface area contributed by atoms with Crippen LogP contribution in [0.3, 0.4) is 0 Å². The molecule has 1 saturated carbocycles. The van der Waals surface area contributed by atoms with Crippen LogP contribution in [0.25, 0.3) is 0 Å². The molecule has 0 radical (unpaired) electrons. The number of fused-ring (bicyclic) bond motifs is 1. The molecular formula is C44H51ClFN7O5. The van der Waals surface area contributed by atoms with Gasteiger partial charge in [0.05, 0.1) is 21.8 Å². The van der Waals surface area contributed by atoms with Gasteiger partial charge in [0.15, 0.2) is 0 Å². The highest BCUT2D eigenvalue weighted by atomic mass is 35.5. The number of hydrogen-bond donors (Lipinski definition) is 2. The number of pyridine rings is 1. The first kappa shape index (κ1) is 41.1. The third-order valence-corrected chi connectivity index (χ3v) is 12.8. The molecule has 0 spiro atoms. The summed E-state index contributed by atoms with van der Waals surface area (Å²) in [5, 5.41) is 15.1. The number of piperazine rings is 1. The van der Waals surface area contributed by atoms with Gasteiger partial charge in [0.2, 0.25) is 11.8 Å². The zero-order valence-corrected chi connectivity index (χ0v) is 34.3. The number of unbranched alkanes of at least 4 members (excludes halogenated alkanes) is 3. The summed E-state index contributed by atoms with van der Waals surface area (Å²) in [7, 11) is 0. The molecule has 1 aliphatic carbocycles. The van der Waals surface area contributed by atoms with E-state index in [1.807, 2.05) is 17.0 Å². The predicted molar refractivity (Wildman–Crippen MR) is 217 cm³/mol. The fraction of sp³-hybridized carbons (Fsp3) is 0.500. The van der Waals surface area contributed by atoms with E-state index < -0.39 is 17.8 Å². The molecular weight excluding hydrogens is 761 g/mol. The second-order valence-corrected chi connectivity index (χ2v) is 17.6. The molecule has 3 aliphatic heterocycles. The van der Waals surface area contributed by atoms with Crippen LogP contribution in [0.5, 0.6) is 5.75 Å². The molecule has 4 amide bonds. The average molecular weight is 812 g/mol. The summed E-state index contributed by atoms with van der Waals surface area (Å²) >= 11 is 6.23. The molecule has 2 N–H and O–H groups in total. The van der Waals surface area contributed by atoms with Crippen LogP contribution >= 0.6 is 11.6 Å². The first-order valence-electron chi connectivity index (χ1n) is 20.2. The predicted octanol–water partition coefficient (Wildman–Crippen LogP) is 6.04. The summed E-state index contributed by atoms with van der Waals surface area (Å²) in [6, 6.07) is 13.1. The van der Waals surface area contributed by atoms with Crippen molar-refractivity contribution in [2.75, 3.05) is 37.6 Å². The number of nitriles is 1. The van der Waals surface area contributed by atoms with Crippen molar-refractivity contribution in [3.05, 3.63) is 87.4 Å². The van der Waals surface area contributed by atoms with Gasteiger partial charge >= 0.3 is 0 Å². The molecule has 2 aromatic carbocycles. The van der Waals surface area contributed by atoms with Crippen molar-refractivity contribution in [2.45, 2.75) is 97.4 Å². The van der Waals surface area contributed by atoms with Crippen molar-refractivity contribution in [3.63, 3.8) is 0 Å². The minimum absolute atomic E-state index is 0.141. The Hall–Kier alpha value is -5.06. The fourth-order valence-electron chi connectivity index (χ4n) is 9.54. The van der Waals surface area contributed by atoms with Gasteiger partial charge in [0, 0.05) is 79.5 Å². The molecule has 3 fully saturated rings. The monoisotopic (exact) mass is 811 g/mol. The largest absolute Gasteiger partial charge is 0.489 e. The highest BCUT2D eigenvalue weighted by Gasteiger charge is 2.64. The van der Waals surface area contributed by atoms with Crippen LogP contribution in [0.2, 0.25) is 5.02 Å². The molecule has 0 bridgehead atoms. The maximum Gasteiger partial charge on any atom is 0.255 e. The molecule has 0 unspecified atom stereocenters. The van der Waals surface area contributed by atoms with Crippen LogP contribution in [-0.4, -0.2) is 89.3 Å². The number of anilines is 1. The van der Waals surface area contributed by atoms with E-state index in [1.165, 1.54) is 11.0 Å². The van der Waals surface area contributed by atoms with Crippen LogP contribution in [0.15, 0.2) is 48.7 Å². The number of aromatic nitrogens is 1. The van der Waals surface area contributed by atoms with Crippen LogP contribution in [0, 0.1) is 28.0 Å². The smallest absolute Gasteiger partial charge is 0.255 e. The van der Waals surface area contributed by atoms with E-state index in [9.17, 15) is 24.4 Å². The van der Waals surface area contributed by atoms with Gasteiger partial charge in [-0.15, -0.1) is 0 Å². The van der Waals surface area contributed by atoms with E-state index in [1.54, 1.807) is 30.5 Å². The maximum absolute atomic E-state index is 15.3. The molecule has 12 nitrogen and oxygen atoms in total. The number of amides is 4. The third kappa shape index (κ3) is 8.27. The Bertz CT molecular complexity index is 2110. The van der Waals surface area contributed by atoms with Gasteiger partial charge in [-0.1, -0.05) is 52.1 Å². The summed E-state index contributed by atoms with van der Waals surface area (Å²) < 4.78 is 21.7. The molecule has 14 heteroatoms. The van der Waals surface area contributed by atoms with Gasteiger partial charge in [0.25, 0.3) is 11.8 Å². The van der Waals surface area contributed by atoms with E-state index in [0.29, 0.717) is 46.2 Å². The molecule has 3 aromatic rings. The summed E-state index contributed by atoms with van der Waals surface area (Å²) in [5.41, 5.74) is 2.62. The number of aryl methyl sites for hydroxylation is 1. The number of hydrogen-bond acceptors (Lipinski definition) is 9. The van der Waals surface area contributed by atoms with Crippen LogP contribution in [-0.2, 0) is 22.6 Å². The second-order valence-electron chi connectivity index (χ2n) is 17.2. The van der Waals surface area contributed by atoms with Crippen LogP contribution < -0.4 is 20.3 Å². The normalized spacial score (nSPS) is 22.5. The zero-order chi connectivity index (χ0) is 41.4. The highest BCUT2D eigenvalue weighted by Crippen LogP contribution is 2.55. The number of piperidine rings is 1. The number of ether oxygens (including phenoxy) is 1. The molecule has 1 atom stereocenters. The van der Waals surface area contributed by atoms with E-state index in [2.05, 4.69) is 54.3 Å². The van der Waals surface area contributed by atoms with Crippen molar-refractivity contribution in [1.82, 2.24) is 25.4 Å². The first-order chi connectivity index (χ1) is 27.7. The molecule has 306 valence electrons. The van der Waals surface area contributed by atoms with Crippen molar-refractivity contribution in [1.29, 1.82) is 5.26 Å². The number of carbonyl (C=O) groups is 4. The first-order valence-corrected chi connectivity index (χ1v) is 20.6. The van der Waals surface area contributed by atoms with Gasteiger partial charge in [-0.05, 0) is 74.2 Å². The molecule has 2 saturated heterocycles. The summed E-state index contributed by atoms with van der Waals surface area (Å²) in [5.74, 6) is -1.21. The average Bonchev–Trinajstić information content (AvgIpc) is 3.51. The van der Waals surface area contributed by atoms with Crippen molar-refractivity contribution in [3.8, 4) is 11.8 Å². The zero-order valence-electron chi connectivity index (χ0n) is 33.6. The van der Waals surface area contributed by atoms with E-state index in [0.717, 1.165) is 57.4 Å². The highest BCUT2D eigenvalue weighted by molar-refractivity contribution is 6.31. The summed E-state index contributed by atoms with van der Waals surface area (Å²) in [6.45, 7) is 12.5. The van der Waals surface area contributed by atoms with Crippen molar-refractivity contribution >= 4 is 40.9 Å². The quantitative estimate of drug-likeness (QED) is 0.156. The van der Waals surface area contributed by atoms with E-state index in [-0.39, 0.29) is 65.6 Å². The van der Waals surface area contributed by atoms with Gasteiger partial charge < -0.3 is 19.9 Å². The Morgan fingerprint density at radius 2 is 1.76 bits per heavy atom. The number of nitrogens with zero attached hydrogens (tertiary/aromatic N) is 5. The molecule has 7 rings (SSSR count). The lowest BCUT2D eigenvalue weighted by atomic mass is 9.49. The molecule has 58 heavy (non-hydrogen) atoms. The van der Waals surface area contributed by atoms with Crippen molar-refractivity contribution in [2.24, 2.45) is 10.8 Å². The van der Waals surface area contributed by atoms with Gasteiger partial charge in [-0.2, -0.15) is 5.26 Å². The SMILES string of the molecule is CC1(C)C(NC(=O)c2ccc(CCCCCCN3CCN(c4cc5c(cc4F)C(=O)N([C@H]4CCC(=O)NC4=O)C5)CC3)nc2)C(C)(C)C1Oc1ccc(C#N)c(Cl)c1. The Balaban J connectivity index is 0.801. The number of carbonyl (C=O) groups excluding carboxylic acids is 4. The molecule has 1 aromatic heterocycles. The fourth-order valence-corrected chi connectivity index (χ4v) is 9.76. The summed E-state index contributed by atoms with van der Waals surface area (Å²) in [4.78, 5) is 60.8. The Labute approximate surface area is 344 Å². The van der Waals surface area contributed by atoms with E-state index >= 15 is 4.39 Å². The van der Waals surface area contributed by atoms with Crippen LogP contribution in [0.1, 0.15) is 104 Å². The summed E-state index contributed by atoms with van der Waals surface area (Å²) in [6.07, 6.45) is 6.98. The maximum atomic E-state index is 15.3. The Morgan fingerprint density at radius 1 is 1.02 bits per heavy atom. The van der Waals surface area contributed by atoms with Gasteiger partial charge in [0.1, 0.15) is 29.8 Å². The standard InChI is InChI=1S/C44H51ClFN7O5/c1-43(2)41(44(3,4)42(43)58-31-13-11-27(24-47)33(45)22-31)50-38(55)28-10-12-30(48-25-28)9-7-5-6-8-16-51-17-19-52(20-18-51)36-21-29-26-53(40(57)32(29)23-34(36)46)35-14-15-37(54)49-39(35)56/h10-13,21-23,25,35,41-42H,5-9,14-20,26H2,1-4H3,(H,50,55)(H,49,54,56)/t35-,41?,42?/m0/s1. The lowest BCUT2D eigenvalue weighted by Crippen LogP contribution is -2.74.